The summed E-state index contributed by atoms with van der Waals surface area (Å²) in [4.78, 5) is 16.0. The molecule has 1 aromatic carbocycles. The molecule has 0 spiro atoms. The van der Waals surface area contributed by atoms with Crippen LogP contribution in [-0.4, -0.2) is 27.2 Å². The summed E-state index contributed by atoms with van der Waals surface area (Å²) in [5.41, 5.74) is 1.12. The van der Waals surface area contributed by atoms with Crippen LogP contribution < -0.4 is 0 Å². The van der Waals surface area contributed by atoms with Crippen LogP contribution in [0, 0.1) is 0 Å². The van der Waals surface area contributed by atoms with Crippen LogP contribution in [-0.2, 0) is 4.74 Å². The van der Waals surface area contributed by atoms with E-state index < -0.39 is 12.4 Å². The lowest BCUT2D eigenvalue weighted by molar-refractivity contribution is 0.0516. The first-order chi connectivity index (χ1) is 11.1. The Morgan fingerprint density at radius 2 is 2.04 bits per heavy atom. The van der Waals surface area contributed by atoms with Crippen LogP contribution in [0.5, 0.6) is 0 Å². The maximum atomic E-state index is 13.2. The highest BCUT2D eigenvalue weighted by Gasteiger charge is 2.18. The summed E-state index contributed by atoms with van der Waals surface area (Å²) in [5.74, 6) is -0.563. The SMILES string of the molecule is CCOC(=O)c1cnc2ccc(-c3ccccc3C(F)F)nn12. The van der Waals surface area contributed by atoms with Crippen LogP contribution in [0.1, 0.15) is 29.4 Å². The average molecular weight is 317 g/mol. The van der Waals surface area contributed by atoms with Gasteiger partial charge in [0, 0.05) is 11.1 Å². The Bertz CT molecular complexity index is 861. The molecule has 0 aliphatic carbocycles. The molecule has 5 nitrogen and oxygen atoms in total. The molecule has 0 unspecified atom stereocenters. The van der Waals surface area contributed by atoms with Gasteiger partial charge < -0.3 is 4.74 Å². The third kappa shape index (κ3) is 2.77. The minimum absolute atomic E-state index is 0.114. The predicted octanol–water partition coefficient (Wildman–Crippen LogP) is 3.51. The van der Waals surface area contributed by atoms with Crippen molar-refractivity contribution >= 4 is 11.6 Å². The summed E-state index contributed by atoms with van der Waals surface area (Å²) in [6, 6.07) is 9.34. The normalized spacial score (nSPS) is 11.1. The molecule has 0 saturated heterocycles. The Balaban J connectivity index is 2.13. The predicted molar refractivity (Wildman–Crippen MR) is 79.3 cm³/mol. The van der Waals surface area contributed by atoms with Crippen LogP contribution >= 0.6 is 0 Å². The number of rotatable bonds is 4. The summed E-state index contributed by atoms with van der Waals surface area (Å²) < 4.78 is 32.6. The average Bonchev–Trinajstić information content (AvgIpc) is 2.98. The van der Waals surface area contributed by atoms with E-state index in [0.29, 0.717) is 16.9 Å². The second-order valence-corrected chi connectivity index (χ2v) is 4.74. The number of benzene rings is 1. The number of hydrogen-bond acceptors (Lipinski definition) is 4. The van der Waals surface area contributed by atoms with Crippen molar-refractivity contribution in [3.63, 3.8) is 0 Å². The maximum Gasteiger partial charge on any atom is 0.358 e. The number of fused-ring (bicyclic) bond motifs is 1. The monoisotopic (exact) mass is 317 g/mol. The Kier molecular flexibility index (Phi) is 4.01. The quantitative estimate of drug-likeness (QED) is 0.691. The molecular formula is C16H13F2N3O2. The molecule has 0 radical (unpaired) electrons. The highest BCUT2D eigenvalue weighted by Crippen LogP contribution is 2.29. The minimum atomic E-state index is -2.61. The first-order valence-corrected chi connectivity index (χ1v) is 7.01. The van der Waals surface area contributed by atoms with Crippen molar-refractivity contribution in [1.82, 2.24) is 14.6 Å². The molecule has 0 saturated carbocycles. The van der Waals surface area contributed by atoms with Crippen molar-refractivity contribution in [2.45, 2.75) is 13.3 Å². The maximum absolute atomic E-state index is 13.2. The summed E-state index contributed by atoms with van der Waals surface area (Å²) in [7, 11) is 0. The molecule has 3 aromatic rings. The van der Waals surface area contributed by atoms with E-state index in [1.807, 2.05) is 0 Å². The number of nitrogens with zero attached hydrogens (tertiary/aromatic N) is 3. The molecule has 0 bridgehead atoms. The van der Waals surface area contributed by atoms with Gasteiger partial charge in [-0.05, 0) is 19.1 Å². The number of ether oxygens (including phenoxy) is 1. The number of esters is 1. The number of hydrogen-bond donors (Lipinski definition) is 0. The Morgan fingerprint density at radius 1 is 1.26 bits per heavy atom. The lowest BCUT2D eigenvalue weighted by Gasteiger charge is -2.09. The smallest absolute Gasteiger partial charge is 0.358 e. The molecule has 2 aromatic heterocycles. The number of halogens is 2. The third-order valence-corrected chi connectivity index (χ3v) is 3.32. The van der Waals surface area contributed by atoms with E-state index in [0.717, 1.165) is 0 Å². The van der Waals surface area contributed by atoms with E-state index in [-0.39, 0.29) is 17.9 Å². The van der Waals surface area contributed by atoms with Gasteiger partial charge in [-0.3, -0.25) is 0 Å². The lowest BCUT2D eigenvalue weighted by atomic mass is 10.0. The van der Waals surface area contributed by atoms with Crippen LogP contribution in [0.25, 0.3) is 16.9 Å². The Hall–Kier alpha value is -2.83. The second-order valence-electron chi connectivity index (χ2n) is 4.74. The Morgan fingerprint density at radius 3 is 2.78 bits per heavy atom. The fourth-order valence-corrected chi connectivity index (χ4v) is 2.28. The first-order valence-electron chi connectivity index (χ1n) is 7.01. The number of carbonyl (C=O) groups excluding carboxylic acids is 1. The fraction of sp³-hybridized carbons (Fsp3) is 0.188. The van der Waals surface area contributed by atoms with E-state index in [9.17, 15) is 13.6 Å². The fourth-order valence-electron chi connectivity index (χ4n) is 2.28. The van der Waals surface area contributed by atoms with Crippen LogP contribution in [0.3, 0.4) is 0 Å². The molecule has 3 rings (SSSR count). The summed E-state index contributed by atoms with van der Waals surface area (Å²) >= 11 is 0. The van der Waals surface area contributed by atoms with Gasteiger partial charge in [0.25, 0.3) is 6.43 Å². The van der Waals surface area contributed by atoms with Crippen molar-refractivity contribution in [2.75, 3.05) is 6.61 Å². The second kappa shape index (κ2) is 6.12. The lowest BCUT2D eigenvalue weighted by Crippen LogP contribution is -2.10. The zero-order valence-electron chi connectivity index (χ0n) is 12.2. The van der Waals surface area contributed by atoms with Crippen LogP contribution in [0.15, 0.2) is 42.6 Å². The van der Waals surface area contributed by atoms with Gasteiger partial charge in [-0.1, -0.05) is 24.3 Å². The number of alkyl halides is 2. The van der Waals surface area contributed by atoms with E-state index in [2.05, 4.69) is 10.1 Å². The standard InChI is InChI=1S/C16H13F2N3O2/c1-2-23-16(22)13-9-19-14-8-7-12(20-21(13)14)10-5-3-4-6-11(10)15(17)18/h3-9,15H,2H2,1H3. The van der Waals surface area contributed by atoms with E-state index in [1.54, 1.807) is 37.3 Å². The molecule has 0 amide bonds. The first kappa shape index (κ1) is 15.1. The number of imidazole rings is 1. The van der Waals surface area contributed by atoms with Crippen LogP contribution in [0.4, 0.5) is 8.78 Å². The number of carbonyl (C=O) groups is 1. The van der Waals surface area contributed by atoms with Gasteiger partial charge in [0.1, 0.15) is 0 Å². The van der Waals surface area contributed by atoms with E-state index in [1.165, 1.54) is 16.8 Å². The molecule has 0 aliphatic heterocycles. The molecule has 0 N–H and O–H groups in total. The van der Waals surface area contributed by atoms with Crippen molar-refractivity contribution in [3.05, 3.63) is 53.9 Å². The molecular weight excluding hydrogens is 304 g/mol. The molecule has 2 heterocycles. The molecule has 118 valence electrons. The summed E-state index contributed by atoms with van der Waals surface area (Å²) in [5, 5.41) is 4.27. The third-order valence-electron chi connectivity index (χ3n) is 3.32. The van der Waals surface area contributed by atoms with Crippen molar-refractivity contribution in [3.8, 4) is 11.3 Å². The zero-order chi connectivity index (χ0) is 16.4. The van der Waals surface area contributed by atoms with Gasteiger partial charge in [0.2, 0.25) is 0 Å². The highest BCUT2D eigenvalue weighted by atomic mass is 19.3. The van der Waals surface area contributed by atoms with Crippen molar-refractivity contribution in [2.24, 2.45) is 0 Å². The molecule has 0 aliphatic rings. The van der Waals surface area contributed by atoms with Crippen LogP contribution in [0.2, 0.25) is 0 Å². The van der Waals surface area contributed by atoms with Crippen molar-refractivity contribution < 1.29 is 18.3 Å². The Labute approximate surface area is 130 Å². The topological polar surface area (TPSA) is 56.5 Å². The largest absolute Gasteiger partial charge is 0.461 e. The van der Waals surface area contributed by atoms with Gasteiger partial charge in [-0.25, -0.2) is 23.1 Å². The zero-order valence-corrected chi connectivity index (χ0v) is 12.2. The van der Waals surface area contributed by atoms with Gasteiger partial charge in [0.05, 0.1) is 18.5 Å². The highest BCUT2D eigenvalue weighted by molar-refractivity contribution is 5.88. The molecule has 23 heavy (non-hydrogen) atoms. The minimum Gasteiger partial charge on any atom is -0.461 e. The summed E-state index contributed by atoms with van der Waals surface area (Å²) in [6.07, 6.45) is -1.26. The van der Waals surface area contributed by atoms with E-state index in [4.69, 9.17) is 4.74 Å². The number of aromatic nitrogens is 3. The summed E-state index contributed by atoms with van der Waals surface area (Å²) in [6.45, 7) is 1.92. The van der Waals surface area contributed by atoms with Gasteiger partial charge in [-0.15, -0.1) is 0 Å². The molecule has 0 atom stereocenters. The van der Waals surface area contributed by atoms with Gasteiger partial charge >= 0.3 is 5.97 Å². The van der Waals surface area contributed by atoms with E-state index >= 15 is 0 Å². The van der Waals surface area contributed by atoms with Gasteiger partial charge in [-0.2, -0.15) is 5.10 Å². The van der Waals surface area contributed by atoms with Gasteiger partial charge in [0.15, 0.2) is 11.3 Å². The molecule has 0 fully saturated rings. The van der Waals surface area contributed by atoms with Crippen molar-refractivity contribution in [1.29, 1.82) is 0 Å². The molecule has 7 heteroatoms.